The van der Waals surface area contributed by atoms with Crippen molar-refractivity contribution in [2.45, 2.75) is 83.4 Å². The van der Waals surface area contributed by atoms with E-state index in [9.17, 15) is 23.5 Å². The highest BCUT2D eigenvalue weighted by molar-refractivity contribution is 6.00. The third-order valence-electron chi connectivity index (χ3n) is 8.69. The van der Waals surface area contributed by atoms with E-state index < -0.39 is 29.7 Å². The van der Waals surface area contributed by atoms with Gasteiger partial charge < -0.3 is 25.4 Å². The average Bonchev–Trinajstić information content (AvgIpc) is 3.05. The number of nitrogens with zero attached hydrogens (tertiary/aromatic N) is 1. The Morgan fingerprint density at radius 2 is 1.70 bits per heavy atom. The summed E-state index contributed by atoms with van der Waals surface area (Å²) >= 11 is 0. The molecule has 0 bridgehead atoms. The molecule has 0 saturated carbocycles. The lowest BCUT2D eigenvalue weighted by molar-refractivity contribution is 0.0609. The highest BCUT2D eigenvalue weighted by Gasteiger charge is 2.33. The molecule has 1 aliphatic heterocycles. The zero-order valence-electron chi connectivity index (χ0n) is 27.3. The molecule has 0 radical (unpaired) electrons. The molecule has 1 heterocycles. The van der Waals surface area contributed by atoms with Crippen LogP contribution in [-0.2, 0) is 6.42 Å². The van der Waals surface area contributed by atoms with Crippen LogP contribution in [0.25, 0.3) is 0 Å². The van der Waals surface area contributed by atoms with Gasteiger partial charge in [0.2, 0.25) is 0 Å². The minimum atomic E-state index is -0.968. The molecule has 46 heavy (non-hydrogen) atoms. The third kappa shape index (κ3) is 9.36. The van der Waals surface area contributed by atoms with Crippen LogP contribution in [0, 0.1) is 18.6 Å². The van der Waals surface area contributed by atoms with Crippen molar-refractivity contribution in [1.82, 2.24) is 15.5 Å². The Morgan fingerprint density at radius 1 is 1.00 bits per heavy atom. The summed E-state index contributed by atoms with van der Waals surface area (Å²) < 4.78 is 33.3. The Hall–Kier alpha value is -3.82. The van der Waals surface area contributed by atoms with Gasteiger partial charge in [-0.2, -0.15) is 0 Å². The Balaban J connectivity index is 1.52. The van der Waals surface area contributed by atoms with Crippen molar-refractivity contribution < 1.29 is 28.2 Å². The number of nitrogens with one attached hydrogen (secondary N) is 2. The first kappa shape index (κ1) is 35.0. The molecule has 0 spiro atoms. The van der Waals surface area contributed by atoms with Gasteiger partial charge in [0, 0.05) is 42.9 Å². The summed E-state index contributed by atoms with van der Waals surface area (Å²) in [5, 5.41) is 18.1. The molecule has 1 aliphatic rings. The van der Waals surface area contributed by atoms with Gasteiger partial charge in [0.05, 0.1) is 19.3 Å². The highest BCUT2D eigenvalue weighted by Crippen LogP contribution is 2.29. The number of aliphatic hydroxyl groups excluding tert-OH is 1. The Labute approximate surface area is 271 Å². The lowest BCUT2D eigenvalue weighted by Crippen LogP contribution is -2.55. The molecule has 4 rings (SSSR count). The summed E-state index contributed by atoms with van der Waals surface area (Å²) in [6.07, 6.45) is 2.68. The second-order valence-corrected chi connectivity index (χ2v) is 12.3. The van der Waals surface area contributed by atoms with Crippen LogP contribution in [0.15, 0.2) is 60.7 Å². The predicted octanol–water partition coefficient (Wildman–Crippen LogP) is 6.17. The standard InChI is InChI=1S/C37H47F2N3O4/c1-5-14-42(15-6-2)37(45)29-17-24(3)16-28(20-29)36(44)41-34(12-10-25-18-30(38)22-31(39)19-25)35(43)33-13-11-27(23-40-33)26-8-7-9-32(21-26)46-4/h7-9,16-22,27,33-35,40,43H,5-6,10-15,23H2,1-4H3,(H,41,44)/t27?,33?,34-,35?/m0/s1. The quantitative estimate of drug-likeness (QED) is 0.197. The molecule has 3 unspecified atom stereocenters. The number of aliphatic hydroxyl groups is 1. The molecule has 0 aliphatic carbocycles. The molecular formula is C37H47F2N3O4. The van der Waals surface area contributed by atoms with E-state index in [-0.39, 0.29) is 30.7 Å². The summed E-state index contributed by atoms with van der Waals surface area (Å²) in [6, 6.07) is 15.4. The summed E-state index contributed by atoms with van der Waals surface area (Å²) in [5.74, 6) is -0.861. The molecule has 9 heteroatoms. The van der Waals surface area contributed by atoms with Crippen LogP contribution in [0.1, 0.15) is 89.3 Å². The molecule has 1 fully saturated rings. The monoisotopic (exact) mass is 635 g/mol. The van der Waals surface area contributed by atoms with Crippen molar-refractivity contribution in [2.24, 2.45) is 0 Å². The number of piperidine rings is 1. The fourth-order valence-electron chi connectivity index (χ4n) is 6.36. The van der Waals surface area contributed by atoms with Crippen LogP contribution in [0.2, 0.25) is 0 Å². The third-order valence-corrected chi connectivity index (χ3v) is 8.69. The van der Waals surface area contributed by atoms with Crippen molar-refractivity contribution in [3.63, 3.8) is 0 Å². The lowest BCUT2D eigenvalue weighted by atomic mass is 9.84. The molecule has 3 aromatic carbocycles. The molecular weight excluding hydrogens is 588 g/mol. The van der Waals surface area contributed by atoms with Gasteiger partial charge in [-0.3, -0.25) is 9.59 Å². The number of benzene rings is 3. The van der Waals surface area contributed by atoms with Crippen molar-refractivity contribution in [3.8, 4) is 5.75 Å². The molecule has 3 N–H and O–H groups in total. The summed E-state index contributed by atoms with van der Waals surface area (Å²) in [6.45, 7) is 7.78. The number of amides is 2. The van der Waals surface area contributed by atoms with Crippen molar-refractivity contribution in [2.75, 3.05) is 26.7 Å². The molecule has 2 amide bonds. The number of aryl methyl sites for hydroxylation is 2. The van der Waals surface area contributed by atoms with Gasteiger partial charge in [-0.05, 0) is 111 Å². The highest BCUT2D eigenvalue weighted by atomic mass is 19.1. The molecule has 4 atom stereocenters. The van der Waals surface area contributed by atoms with Crippen LogP contribution >= 0.6 is 0 Å². The molecule has 248 valence electrons. The molecule has 7 nitrogen and oxygen atoms in total. The van der Waals surface area contributed by atoms with E-state index in [4.69, 9.17) is 4.74 Å². The topological polar surface area (TPSA) is 90.9 Å². The zero-order valence-corrected chi connectivity index (χ0v) is 27.3. The maximum Gasteiger partial charge on any atom is 0.253 e. The number of hydrogen-bond donors (Lipinski definition) is 3. The predicted molar refractivity (Wildman–Crippen MR) is 176 cm³/mol. The number of rotatable bonds is 14. The van der Waals surface area contributed by atoms with E-state index in [1.807, 2.05) is 39.0 Å². The fraction of sp³-hybridized carbons (Fsp3) is 0.459. The van der Waals surface area contributed by atoms with Crippen LogP contribution < -0.4 is 15.4 Å². The van der Waals surface area contributed by atoms with E-state index in [1.54, 1.807) is 30.2 Å². The number of ether oxygens (including phenoxy) is 1. The second kappa shape index (κ2) is 16.7. The zero-order chi connectivity index (χ0) is 33.2. The molecule has 0 aromatic heterocycles. The SMILES string of the molecule is CCCN(CCC)C(=O)c1cc(C)cc(C(=O)N[C@@H](CCc2cc(F)cc(F)c2)C(O)C2CCC(c3cccc(OC)c3)CN2)c1. The summed E-state index contributed by atoms with van der Waals surface area (Å²) in [4.78, 5) is 28.9. The number of carbonyl (C=O) groups is 2. The summed E-state index contributed by atoms with van der Waals surface area (Å²) in [5.41, 5.74) is 3.12. The van der Waals surface area contributed by atoms with Gasteiger partial charge in [0.1, 0.15) is 17.4 Å². The van der Waals surface area contributed by atoms with Gasteiger partial charge in [0.25, 0.3) is 11.8 Å². The number of hydrogen-bond acceptors (Lipinski definition) is 5. The average molecular weight is 636 g/mol. The van der Waals surface area contributed by atoms with Crippen molar-refractivity contribution >= 4 is 11.8 Å². The second-order valence-electron chi connectivity index (χ2n) is 12.3. The van der Waals surface area contributed by atoms with E-state index >= 15 is 0 Å². The lowest BCUT2D eigenvalue weighted by Gasteiger charge is -2.36. The first-order valence-corrected chi connectivity index (χ1v) is 16.3. The van der Waals surface area contributed by atoms with Crippen LogP contribution in [-0.4, -0.2) is 66.8 Å². The molecule has 3 aromatic rings. The van der Waals surface area contributed by atoms with Crippen molar-refractivity contribution in [3.05, 3.63) is 100 Å². The van der Waals surface area contributed by atoms with Crippen molar-refractivity contribution in [1.29, 1.82) is 0 Å². The maximum atomic E-state index is 13.9. The first-order valence-electron chi connectivity index (χ1n) is 16.3. The first-order chi connectivity index (χ1) is 22.1. The maximum absolute atomic E-state index is 13.9. The fourth-order valence-corrected chi connectivity index (χ4v) is 6.36. The Morgan fingerprint density at radius 3 is 2.33 bits per heavy atom. The van der Waals surface area contributed by atoms with Gasteiger partial charge in [0.15, 0.2) is 0 Å². The van der Waals surface area contributed by atoms with E-state index in [0.717, 1.165) is 42.2 Å². The van der Waals surface area contributed by atoms with E-state index in [0.29, 0.717) is 42.7 Å². The minimum Gasteiger partial charge on any atom is -0.497 e. The number of methoxy groups -OCH3 is 1. The Bertz CT molecular complexity index is 1450. The van der Waals surface area contributed by atoms with Gasteiger partial charge in [-0.15, -0.1) is 0 Å². The Kier molecular flexibility index (Phi) is 12.7. The van der Waals surface area contributed by atoms with Gasteiger partial charge in [-0.1, -0.05) is 26.0 Å². The normalized spacial score (nSPS) is 17.6. The van der Waals surface area contributed by atoms with E-state index in [2.05, 4.69) is 16.7 Å². The van der Waals surface area contributed by atoms with Crippen LogP contribution in [0.3, 0.4) is 0 Å². The molecule has 1 saturated heterocycles. The smallest absolute Gasteiger partial charge is 0.253 e. The van der Waals surface area contributed by atoms with Gasteiger partial charge >= 0.3 is 0 Å². The summed E-state index contributed by atoms with van der Waals surface area (Å²) in [7, 11) is 1.64. The van der Waals surface area contributed by atoms with Crippen LogP contribution in [0.4, 0.5) is 8.78 Å². The van der Waals surface area contributed by atoms with E-state index in [1.165, 1.54) is 12.1 Å². The van der Waals surface area contributed by atoms with Crippen LogP contribution in [0.5, 0.6) is 5.75 Å². The number of halogens is 2. The largest absolute Gasteiger partial charge is 0.497 e. The van der Waals surface area contributed by atoms with Gasteiger partial charge in [-0.25, -0.2) is 8.78 Å². The minimum absolute atomic E-state index is 0.122. The number of carbonyl (C=O) groups excluding carboxylic acids is 2.